The van der Waals surface area contributed by atoms with Crippen LogP contribution in [0.2, 0.25) is 4.34 Å². The van der Waals surface area contributed by atoms with Gasteiger partial charge < -0.3 is 10.1 Å². The van der Waals surface area contributed by atoms with E-state index in [1.165, 1.54) is 11.3 Å². The second kappa shape index (κ2) is 7.88. The molecule has 108 valence electrons. The maximum Gasteiger partial charge on any atom is 0.249 e. The topological polar surface area (TPSA) is 38.3 Å². The van der Waals surface area contributed by atoms with E-state index in [4.69, 9.17) is 16.3 Å². The SMILES string of the molecule is CC(C)CCO[C@@H](C)C(=O)N[C@@H](C)c1ccc(Cl)s1. The van der Waals surface area contributed by atoms with Crippen molar-refractivity contribution in [3.8, 4) is 0 Å². The molecule has 0 saturated heterocycles. The van der Waals surface area contributed by atoms with Crippen LogP contribution < -0.4 is 5.32 Å². The highest BCUT2D eigenvalue weighted by atomic mass is 35.5. The molecule has 0 aliphatic heterocycles. The van der Waals surface area contributed by atoms with Gasteiger partial charge in [-0.1, -0.05) is 25.4 Å². The van der Waals surface area contributed by atoms with Crippen LogP contribution in [-0.2, 0) is 9.53 Å². The van der Waals surface area contributed by atoms with Crippen molar-refractivity contribution >= 4 is 28.8 Å². The molecule has 1 N–H and O–H groups in total. The summed E-state index contributed by atoms with van der Waals surface area (Å²) in [5.41, 5.74) is 0. The maximum absolute atomic E-state index is 11.9. The Morgan fingerprint density at radius 3 is 2.58 bits per heavy atom. The molecule has 1 heterocycles. The van der Waals surface area contributed by atoms with Gasteiger partial charge in [0.2, 0.25) is 5.91 Å². The molecule has 1 amide bonds. The average molecular weight is 304 g/mol. The Balaban J connectivity index is 2.37. The highest BCUT2D eigenvalue weighted by Crippen LogP contribution is 2.26. The minimum absolute atomic E-state index is 0.0406. The molecule has 0 aromatic carbocycles. The smallest absolute Gasteiger partial charge is 0.249 e. The number of nitrogens with one attached hydrogen (secondary N) is 1. The van der Waals surface area contributed by atoms with Gasteiger partial charge >= 0.3 is 0 Å². The fourth-order valence-corrected chi connectivity index (χ4v) is 2.58. The van der Waals surface area contributed by atoms with Gasteiger partial charge in [0.05, 0.1) is 10.4 Å². The van der Waals surface area contributed by atoms with Crippen LogP contribution in [0.4, 0.5) is 0 Å². The quantitative estimate of drug-likeness (QED) is 0.826. The Labute approximate surface area is 124 Å². The first-order valence-electron chi connectivity index (χ1n) is 6.57. The lowest BCUT2D eigenvalue weighted by molar-refractivity contribution is -0.132. The number of carbonyl (C=O) groups excluding carboxylic acids is 1. The van der Waals surface area contributed by atoms with E-state index in [0.717, 1.165) is 15.6 Å². The zero-order valence-electron chi connectivity index (χ0n) is 11.9. The highest BCUT2D eigenvalue weighted by Gasteiger charge is 2.17. The summed E-state index contributed by atoms with van der Waals surface area (Å²) in [5, 5.41) is 2.94. The molecule has 1 rings (SSSR count). The molecule has 1 aromatic heterocycles. The van der Waals surface area contributed by atoms with Crippen molar-refractivity contribution in [3.63, 3.8) is 0 Å². The number of amides is 1. The van der Waals surface area contributed by atoms with Gasteiger partial charge in [-0.25, -0.2) is 0 Å². The summed E-state index contributed by atoms with van der Waals surface area (Å²) in [4.78, 5) is 13.0. The van der Waals surface area contributed by atoms with Crippen LogP contribution in [0.25, 0.3) is 0 Å². The Bertz CT molecular complexity index is 406. The van der Waals surface area contributed by atoms with Crippen LogP contribution in [0.5, 0.6) is 0 Å². The van der Waals surface area contributed by atoms with Crippen molar-refractivity contribution in [2.75, 3.05) is 6.61 Å². The molecule has 5 heteroatoms. The van der Waals surface area contributed by atoms with E-state index >= 15 is 0 Å². The highest BCUT2D eigenvalue weighted by molar-refractivity contribution is 7.16. The summed E-state index contributed by atoms with van der Waals surface area (Å²) >= 11 is 7.36. The maximum atomic E-state index is 11.9. The number of rotatable bonds is 7. The number of ether oxygens (including phenoxy) is 1. The molecule has 2 atom stereocenters. The van der Waals surface area contributed by atoms with Crippen molar-refractivity contribution < 1.29 is 9.53 Å². The summed E-state index contributed by atoms with van der Waals surface area (Å²) in [7, 11) is 0. The van der Waals surface area contributed by atoms with Crippen LogP contribution in [0.15, 0.2) is 12.1 Å². The Kier molecular flexibility index (Phi) is 6.83. The minimum atomic E-state index is -0.420. The second-order valence-electron chi connectivity index (χ2n) is 5.07. The molecule has 19 heavy (non-hydrogen) atoms. The number of hydrogen-bond acceptors (Lipinski definition) is 3. The van der Waals surface area contributed by atoms with Gasteiger partial charge in [0, 0.05) is 11.5 Å². The van der Waals surface area contributed by atoms with Crippen LogP contribution in [0.3, 0.4) is 0 Å². The van der Waals surface area contributed by atoms with E-state index in [-0.39, 0.29) is 11.9 Å². The van der Waals surface area contributed by atoms with Gasteiger partial charge in [0.1, 0.15) is 6.10 Å². The molecule has 1 aromatic rings. The number of halogens is 1. The van der Waals surface area contributed by atoms with Gasteiger partial charge in [-0.2, -0.15) is 0 Å². The van der Waals surface area contributed by atoms with Crippen LogP contribution >= 0.6 is 22.9 Å². The van der Waals surface area contributed by atoms with Crippen molar-refractivity contribution in [3.05, 3.63) is 21.3 Å². The molecule has 0 unspecified atom stereocenters. The standard InChI is InChI=1S/C14H22ClNO2S/c1-9(2)7-8-18-11(4)14(17)16-10(3)12-5-6-13(15)19-12/h5-6,9-11H,7-8H2,1-4H3,(H,16,17)/t10-,11-/m0/s1. The average Bonchev–Trinajstić information content (AvgIpc) is 2.75. The Morgan fingerprint density at radius 2 is 2.05 bits per heavy atom. The van der Waals surface area contributed by atoms with Crippen molar-refractivity contribution in [1.82, 2.24) is 5.32 Å². The predicted molar refractivity (Wildman–Crippen MR) is 80.8 cm³/mol. The molecule has 0 fully saturated rings. The van der Waals surface area contributed by atoms with Crippen molar-refractivity contribution in [2.45, 2.75) is 46.3 Å². The first-order chi connectivity index (χ1) is 8.90. The molecular weight excluding hydrogens is 282 g/mol. The molecule has 0 bridgehead atoms. The Morgan fingerprint density at radius 1 is 1.37 bits per heavy atom. The third-order valence-corrected chi connectivity index (χ3v) is 4.23. The van der Waals surface area contributed by atoms with E-state index in [0.29, 0.717) is 12.5 Å². The Hall–Kier alpha value is -0.580. The lowest BCUT2D eigenvalue weighted by Gasteiger charge is -2.17. The van der Waals surface area contributed by atoms with Gasteiger partial charge in [0.25, 0.3) is 0 Å². The van der Waals surface area contributed by atoms with Gasteiger partial charge in [-0.05, 0) is 38.3 Å². The molecule has 0 aliphatic rings. The predicted octanol–water partition coefficient (Wildman–Crippen LogP) is 4.03. The lowest BCUT2D eigenvalue weighted by atomic mass is 10.1. The zero-order valence-corrected chi connectivity index (χ0v) is 13.5. The number of thiophene rings is 1. The lowest BCUT2D eigenvalue weighted by Crippen LogP contribution is -2.36. The van der Waals surface area contributed by atoms with E-state index in [9.17, 15) is 4.79 Å². The summed E-state index contributed by atoms with van der Waals surface area (Å²) in [6, 6.07) is 3.73. The van der Waals surface area contributed by atoms with Gasteiger partial charge in [-0.3, -0.25) is 4.79 Å². The first-order valence-corrected chi connectivity index (χ1v) is 7.76. The first kappa shape index (κ1) is 16.5. The van der Waals surface area contributed by atoms with Crippen LogP contribution in [0.1, 0.15) is 45.0 Å². The van der Waals surface area contributed by atoms with Crippen molar-refractivity contribution in [2.24, 2.45) is 5.92 Å². The van der Waals surface area contributed by atoms with E-state index in [2.05, 4.69) is 19.2 Å². The molecule has 0 radical (unpaired) electrons. The third kappa shape index (κ3) is 5.93. The number of hydrogen-bond donors (Lipinski definition) is 1. The largest absolute Gasteiger partial charge is 0.369 e. The summed E-state index contributed by atoms with van der Waals surface area (Å²) in [6.45, 7) is 8.61. The normalized spacial score (nSPS) is 14.4. The van der Waals surface area contributed by atoms with Crippen LogP contribution in [-0.4, -0.2) is 18.6 Å². The van der Waals surface area contributed by atoms with Gasteiger partial charge in [-0.15, -0.1) is 11.3 Å². The summed E-state index contributed by atoms with van der Waals surface area (Å²) < 4.78 is 6.26. The monoisotopic (exact) mass is 303 g/mol. The zero-order chi connectivity index (χ0) is 14.4. The summed E-state index contributed by atoms with van der Waals surface area (Å²) in [5.74, 6) is 0.503. The van der Waals surface area contributed by atoms with E-state index < -0.39 is 6.10 Å². The van der Waals surface area contributed by atoms with E-state index in [1.54, 1.807) is 6.92 Å². The number of carbonyl (C=O) groups is 1. The van der Waals surface area contributed by atoms with Crippen LogP contribution in [0, 0.1) is 5.92 Å². The van der Waals surface area contributed by atoms with Crippen molar-refractivity contribution in [1.29, 1.82) is 0 Å². The minimum Gasteiger partial charge on any atom is -0.369 e. The van der Waals surface area contributed by atoms with E-state index in [1.807, 2.05) is 19.1 Å². The molecular formula is C14H22ClNO2S. The molecule has 3 nitrogen and oxygen atoms in total. The molecule has 0 saturated carbocycles. The summed E-state index contributed by atoms with van der Waals surface area (Å²) in [6.07, 6.45) is 0.546. The third-order valence-electron chi connectivity index (χ3n) is 2.81. The van der Waals surface area contributed by atoms with Gasteiger partial charge in [0.15, 0.2) is 0 Å². The molecule has 0 aliphatic carbocycles. The second-order valence-corrected chi connectivity index (χ2v) is 6.81. The fraction of sp³-hybridized carbons (Fsp3) is 0.643. The fourth-order valence-electron chi connectivity index (χ4n) is 1.52. The molecule has 0 spiro atoms.